The first-order valence-corrected chi connectivity index (χ1v) is 6.55. The number of carbonyl (C=O) groups excluding carboxylic acids is 1. The molecule has 1 aliphatic heterocycles. The molecule has 0 saturated carbocycles. The lowest BCUT2D eigenvalue weighted by Crippen LogP contribution is -2.21. The number of carbonyl (C=O) groups is 1. The Morgan fingerprint density at radius 1 is 1.21 bits per heavy atom. The molecule has 0 aliphatic carbocycles. The van der Waals surface area contributed by atoms with Gasteiger partial charge in [0.25, 0.3) is 0 Å². The number of rotatable bonds is 4. The summed E-state index contributed by atoms with van der Waals surface area (Å²) in [6, 6.07) is 13.9. The van der Waals surface area contributed by atoms with Crippen molar-refractivity contribution in [3.05, 3.63) is 42.5 Å². The molecule has 3 heteroatoms. The summed E-state index contributed by atoms with van der Waals surface area (Å²) in [6.07, 6.45) is 0.817. The van der Waals surface area contributed by atoms with Crippen LogP contribution in [0.1, 0.15) is 6.42 Å². The lowest BCUT2D eigenvalue weighted by atomic mass is 10.0. The van der Waals surface area contributed by atoms with Gasteiger partial charge in [0.05, 0.1) is 6.61 Å². The molecule has 1 aliphatic rings. The van der Waals surface area contributed by atoms with Crippen LogP contribution in [-0.4, -0.2) is 25.6 Å². The molecule has 2 aromatic rings. The second-order valence-electron chi connectivity index (χ2n) is 4.79. The molecule has 0 aromatic heterocycles. The van der Waals surface area contributed by atoms with E-state index in [2.05, 4.69) is 0 Å². The molecule has 3 nitrogen and oxygen atoms in total. The number of ether oxygens (including phenoxy) is 2. The molecule has 1 saturated heterocycles. The van der Waals surface area contributed by atoms with Crippen LogP contribution in [0, 0.1) is 5.92 Å². The Balaban J connectivity index is 1.73. The molecular formula is C16H16O3. The number of hydrogen-bond donors (Lipinski definition) is 0. The molecule has 1 unspecified atom stereocenters. The third-order valence-corrected chi connectivity index (χ3v) is 3.50. The van der Waals surface area contributed by atoms with Crippen molar-refractivity contribution in [1.82, 2.24) is 0 Å². The van der Waals surface area contributed by atoms with Gasteiger partial charge < -0.3 is 9.47 Å². The summed E-state index contributed by atoms with van der Waals surface area (Å²) in [6.45, 7) is 1.35. The van der Waals surface area contributed by atoms with E-state index in [0.717, 1.165) is 22.9 Å². The zero-order valence-corrected chi connectivity index (χ0v) is 10.7. The van der Waals surface area contributed by atoms with Gasteiger partial charge in [-0.05, 0) is 17.9 Å². The minimum atomic E-state index is 0.00924. The predicted molar refractivity (Wildman–Crippen MR) is 73.4 cm³/mol. The van der Waals surface area contributed by atoms with Crippen LogP contribution >= 0.6 is 0 Å². The first-order chi connectivity index (χ1) is 9.34. The van der Waals surface area contributed by atoms with Gasteiger partial charge in [-0.2, -0.15) is 0 Å². The molecule has 1 fully saturated rings. The highest BCUT2D eigenvalue weighted by atomic mass is 16.5. The van der Waals surface area contributed by atoms with Crippen LogP contribution in [-0.2, 0) is 9.53 Å². The number of fused-ring (bicyclic) bond motifs is 1. The van der Waals surface area contributed by atoms with E-state index in [1.807, 2.05) is 42.5 Å². The van der Waals surface area contributed by atoms with Crippen LogP contribution in [0.2, 0.25) is 0 Å². The van der Waals surface area contributed by atoms with Crippen LogP contribution in [0.15, 0.2) is 42.5 Å². The van der Waals surface area contributed by atoms with Crippen molar-refractivity contribution in [1.29, 1.82) is 0 Å². The van der Waals surface area contributed by atoms with Crippen molar-refractivity contribution >= 4 is 16.6 Å². The van der Waals surface area contributed by atoms with Crippen molar-refractivity contribution in [2.75, 3.05) is 19.8 Å². The second-order valence-corrected chi connectivity index (χ2v) is 4.79. The van der Waals surface area contributed by atoms with E-state index in [-0.39, 0.29) is 18.3 Å². The molecule has 0 radical (unpaired) electrons. The Morgan fingerprint density at radius 2 is 2.05 bits per heavy atom. The van der Waals surface area contributed by atoms with Gasteiger partial charge in [-0.1, -0.05) is 36.4 Å². The van der Waals surface area contributed by atoms with Crippen molar-refractivity contribution in [2.24, 2.45) is 5.92 Å². The fourth-order valence-electron chi connectivity index (χ4n) is 2.38. The molecule has 19 heavy (non-hydrogen) atoms. The average Bonchev–Trinajstić information content (AvgIpc) is 2.99. The van der Waals surface area contributed by atoms with Crippen molar-refractivity contribution in [2.45, 2.75) is 6.42 Å². The lowest BCUT2D eigenvalue weighted by Gasteiger charge is -2.10. The highest BCUT2D eigenvalue weighted by molar-refractivity contribution is 5.89. The molecule has 0 spiro atoms. The number of Topliss-reactive ketones (excluding diaryl/α,β-unsaturated/α-hetero) is 1. The molecule has 0 N–H and O–H groups in total. The summed E-state index contributed by atoms with van der Waals surface area (Å²) < 4.78 is 10.9. The van der Waals surface area contributed by atoms with Crippen LogP contribution in [0.4, 0.5) is 0 Å². The molecule has 0 amide bonds. The summed E-state index contributed by atoms with van der Waals surface area (Å²) in [7, 11) is 0. The van der Waals surface area contributed by atoms with E-state index < -0.39 is 0 Å². The largest absolute Gasteiger partial charge is 0.485 e. The quantitative estimate of drug-likeness (QED) is 0.843. The highest BCUT2D eigenvalue weighted by Crippen LogP contribution is 2.25. The van der Waals surface area contributed by atoms with E-state index in [1.54, 1.807) is 0 Å². The number of hydrogen-bond acceptors (Lipinski definition) is 3. The first kappa shape index (κ1) is 12.2. The zero-order chi connectivity index (χ0) is 13.1. The van der Waals surface area contributed by atoms with Gasteiger partial charge in [0.2, 0.25) is 0 Å². The Morgan fingerprint density at radius 3 is 2.89 bits per heavy atom. The number of ketones is 1. The smallest absolute Gasteiger partial charge is 0.175 e. The second kappa shape index (κ2) is 5.41. The maximum Gasteiger partial charge on any atom is 0.175 e. The zero-order valence-electron chi connectivity index (χ0n) is 10.7. The molecule has 3 rings (SSSR count). The normalized spacial score (nSPS) is 18.6. The van der Waals surface area contributed by atoms with Gasteiger partial charge in [0.15, 0.2) is 5.78 Å². The SMILES string of the molecule is O=C(COc1cccc2ccccc12)C1CCOC1. The topological polar surface area (TPSA) is 35.5 Å². The van der Waals surface area contributed by atoms with Gasteiger partial charge in [-0.25, -0.2) is 0 Å². The van der Waals surface area contributed by atoms with Gasteiger partial charge >= 0.3 is 0 Å². The van der Waals surface area contributed by atoms with Crippen molar-refractivity contribution < 1.29 is 14.3 Å². The summed E-state index contributed by atoms with van der Waals surface area (Å²) in [4.78, 5) is 11.9. The molecular weight excluding hydrogens is 240 g/mol. The summed E-state index contributed by atoms with van der Waals surface area (Å²) in [5.41, 5.74) is 0. The Labute approximate surface area is 112 Å². The Bertz CT molecular complexity index is 580. The Kier molecular flexibility index (Phi) is 3.47. The fraction of sp³-hybridized carbons (Fsp3) is 0.312. The fourth-order valence-corrected chi connectivity index (χ4v) is 2.38. The molecule has 2 aromatic carbocycles. The highest BCUT2D eigenvalue weighted by Gasteiger charge is 2.23. The van der Waals surface area contributed by atoms with Crippen LogP contribution in [0.5, 0.6) is 5.75 Å². The van der Waals surface area contributed by atoms with Gasteiger partial charge in [0, 0.05) is 17.9 Å². The monoisotopic (exact) mass is 256 g/mol. The van der Waals surface area contributed by atoms with Gasteiger partial charge in [0.1, 0.15) is 12.4 Å². The minimum Gasteiger partial charge on any atom is -0.485 e. The lowest BCUT2D eigenvalue weighted by molar-refractivity contribution is -0.124. The summed E-state index contributed by atoms with van der Waals surface area (Å²) >= 11 is 0. The first-order valence-electron chi connectivity index (χ1n) is 6.55. The maximum atomic E-state index is 11.9. The van der Waals surface area contributed by atoms with Gasteiger partial charge in [-0.15, -0.1) is 0 Å². The van der Waals surface area contributed by atoms with Crippen molar-refractivity contribution in [3.63, 3.8) is 0 Å². The van der Waals surface area contributed by atoms with Crippen LogP contribution in [0.25, 0.3) is 10.8 Å². The van der Waals surface area contributed by atoms with E-state index in [9.17, 15) is 4.79 Å². The van der Waals surface area contributed by atoms with E-state index in [4.69, 9.17) is 9.47 Å². The predicted octanol–water partition coefficient (Wildman–Crippen LogP) is 2.82. The van der Waals surface area contributed by atoms with Crippen LogP contribution < -0.4 is 4.74 Å². The number of benzene rings is 2. The summed E-state index contributed by atoms with van der Waals surface area (Å²) in [5, 5.41) is 2.16. The van der Waals surface area contributed by atoms with E-state index in [1.165, 1.54) is 0 Å². The standard InChI is InChI=1S/C16H16O3/c17-15(13-8-9-18-10-13)11-19-16-7-3-5-12-4-1-2-6-14(12)16/h1-7,13H,8-11H2. The van der Waals surface area contributed by atoms with Gasteiger partial charge in [-0.3, -0.25) is 4.79 Å². The molecule has 0 bridgehead atoms. The molecule has 1 atom stereocenters. The van der Waals surface area contributed by atoms with E-state index >= 15 is 0 Å². The van der Waals surface area contributed by atoms with Crippen LogP contribution in [0.3, 0.4) is 0 Å². The average molecular weight is 256 g/mol. The molecule has 98 valence electrons. The third-order valence-electron chi connectivity index (χ3n) is 3.50. The molecule has 1 heterocycles. The summed E-state index contributed by atoms with van der Waals surface area (Å²) in [5.74, 6) is 0.908. The third kappa shape index (κ3) is 2.61. The maximum absolute atomic E-state index is 11.9. The Hall–Kier alpha value is -1.87. The minimum absolute atomic E-state index is 0.00924. The van der Waals surface area contributed by atoms with Crippen molar-refractivity contribution in [3.8, 4) is 5.75 Å². The van der Waals surface area contributed by atoms with E-state index in [0.29, 0.717) is 13.2 Å².